The number of benzene rings is 3. The predicted octanol–water partition coefficient (Wildman–Crippen LogP) is 4.92. The average Bonchev–Trinajstić information content (AvgIpc) is 3.17. The van der Waals surface area contributed by atoms with E-state index in [1.165, 1.54) is 6.08 Å². The number of fused-ring (bicyclic) bond motifs is 1. The van der Waals surface area contributed by atoms with Crippen LogP contribution in [-0.4, -0.2) is 24.3 Å². The molecule has 7 heteroatoms. The molecule has 160 valence electrons. The van der Waals surface area contributed by atoms with E-state index in [0.29, 0.717) is 27.6 Å². The number of halogens is 1. The summed E-state index contributed by atoms with van der Waals surface area (Å²) in [5.41, 5.74) is 3.18. The van der Waals surface area contributed by atoms with Gasteiger partial charge in [-0.3, -0.25) is 9.59 Å². The standard InChI is InChI=1S/C25H18ClNO5/c26-19-6-1-16(2-7-19)3-12-23(28)17-4-9-21(10-5-17)31-15-24(29)27-20-8-11-22-18(13-20)14-32-25(22)30/h1-13H,14-15H2,(H,27,29)/b12-3+. The number of anilines is 1. The maximum absolute atomic E-state index is 12.3. The number of allylic oxidation sites excluding steroid dienone is 1. The molecule has 0 saturated heterocycles. The Morgan fingerprint density at radius 2 is 1.78 bits per heavy atom. The van der Waals surface area contributed by atoms with Gasteiger partial charge in [-0.25, -0.2) is 4.79 Å². The van der Waals surface area contributed by atoms with Crippen LogP contribution < -0.4 is 10.1 Å². The molecule has 0 saturated carbocycles. The van der Waals surface area contributed by atoms with Gasteiger partial charge in [0, 0.05) is 21.8 Å². The molecule has 1 aliphatic heterocycles. The maximum atomic E-state index is 12.3. The van der Waals surface area contributed by atoms with Crippen LogP contribution in [0.15, 0.2) is 72.8 Å². The molecule has 1 heterocycles. The molecule has 3 aromatic rings. The second-order valence-electron chi connectivity index (χ2n) is 7.06. The zero-order valence-corrected chi connectivity index (χ0v) is 17.6. The highest BCUT2D eigenvalue weighted by Crippen LogP contribution is 2.23. The van der Waals surface area contributed by atoms with Crippen LogP contribution >= 0.6 is 11.6 Å². The van der Waals surface area contributed by atoms with Crippen molar-refractivity contribution in [3.63, 3.8) is 0 Å². The van der Waals surface area contributed by atoms with Crippen molar-refractivity contribution in [2.75, 3.05) is 11.9 Å². The van der Waals surface area contributed by atoms with Gasteiger partial charge in [-0.2, -0.15) is 0 Å². The smallest absolute Gasteiger partial charge is 0.338 e. The molecular weight excluding hydrogens is 430 g/mol. The van der Waals surface area contributed by atoms with Crippen LogP contribution in [0.5, 0.6) is 5.75 Å². The number of amides is 1. The summed E-state index contributed by atoms with van der Waals surface area (Å²) in [6.45, 7) is 0.00458. The number of rotatable bonds is 7. The third kappa shape index (κ3) is 5.22. The van der Waals surface area contributed by atoms with E-state index in [4.69, 9.17) is 21.1 Å². The van der Waals surface area contributed by atoms with Crippen LogP contribution in [-0.2, 0) is 16.1 Å². The highest BCUT2D eigenvalue weighted by Gasteiger charge is 2.21. The Bertz CT molecular complexity index is 1200. The zero-order chi connectivity index (χ0) is 22.5. The van der Waals surface area contributed by atoms with Gasteiger partial charge in [0.1, 0.15) is 12.4 Å². The molecular formula is C25H18ClNO5. The summed E-state index contributed by atoms with van der Waals surface area (Å²) in [5, 5.41) is 3.36. The van der Waals surface area contributed by atoms with Crippen LogP contribution in [0.3, 0.4) is 0 Å². The maximum Gasteiger partial charge on any atom is 0.338 e. The molecule has 4 rings (SSSR count). The van der Waals surface area contributed by atoms with E-state index in [1.807, 2.05) is 12.1 Å². The number of hydrogen-bond acceptors (Lipinski definition) is 5. The molecule has 1 aliphatic rings. The van der Waals surface area contributed by atoms with E-state index in [0.717, 1.165) is 11.1 Å². The minimum absolute atomic E-state index is 0.150. The van der Waals surface area contributed by atoms with Gasteiger partial charge < -0.3 is 14.8 Å². The van der Waals surface area contributed by atoms with E-state index >= 15 is 0 Å². The van der Waals surface area contributed by atoms with Crippen molar-refractivity contribution in [2.24, 2.45) is 0 Å². The Balaban J connectivity index is 1.29. The minimum atomic E-state index is -0.358. The van der Waals surface area contributed by atoms with Gasteiger partial charge in [0.05, 0.1) is 5.56 Å². The number of esters is 1. The fourth-order valence-electron chi connectivity index (χ4n) is 3.11. The molecule has 0 fully saturated rings. The second-order valence-corrected chi connectivity index (χ2v) is 7.49. The van der Waals surface area contributed by atoms with Gasteiger partial charge in [0.25, 0.3) is 5.91 Å². The van der Waals surface area contributed by atoms with Crippen LogP contribution in [0.2, 0.25) is 5.02 Å². The van der Waals surface area contributed by atoms with Crippen molar-refractivity contribution in [3.8, 4) is 5.75 Å². The molecule has 3 aromatic carbocycles. The molecule has 0 spiro atoms. The lowest BCUT2D eigenvalue weighted by Gasteiger charge is -2.08. The fraction of sp³-hybridized carbons (Fsp3) is 0.0800. The monoisotopic (exact) mass is 447 g/mol. The van der Waals surface area contributed by atoms with Gasteiger partial charge in [0.2, 0.25) is 0 Å². The summed E-state index contributed by atoms with van der Waals surface area (Å²) < 4.78 is 10.4. The molecule has 6 nitrogen and oxygen atoms in total. The van der Waals surface area contributed by atoms with Crippen LogP contribution in [0, 0.1) is 0 Å². The summed E-state index contributed by atoms with van der Waals surface area (Å²) in [4.78, 5) is 36.0. The van der Waals surface area contributed by atoms with Crippen molar-refractivity contribution < 1.29 is 23.9 Å². The summed E-state index contributed by atoms with van der Waals surface area (Å²) in [6.07, 6.45) is 3.20. The third-order valence-corrected chi connectivity index (χ3v) is 5.03. The topological polar surface area (TPSA) is 81.7 Å². The van der Waals surface area contributed by atoms with Gasteiger partial charge in [0.15, 0.2) is 12.4 Å². The Labute approximate surface area is 189 Å². The second kappa shape index (κ2) is 9.49. The SMILES string of the molecule is O=C(COc1ccc(C(=O)/C=C/c2ccc(Cl)cc2)cc1)Nc1ccc2c(c1)COC2=O. The Hall–Kier alpha value is -3.90. The largest absolute Gasteiger partial charge is 0.484 e. The summed E-state index contributed by atoms with van der Waals surface area (Å²) in [6, 6.07) is 18.7. The molecule has 1 amide bonds. The summed E-state index contributed by atoms with van der Waals surface area (Å²) in [5.74, 6) is -0.389. The summed E-state index contributed by atoms with van der Waals surface area (Å²) in [7, 11) is 0. The molecule has 0 unspecified atom stereocenters. The number of carbonyl (C=O) groups excluding carboxylic acids is 3. The first kappa shape index (κ1) is 21.3. The predicted molar refractivity (Wildman–Crippen MR) is 121 cm³/mol. The van der Waals surface area contributed by atoms with Gasteiger partial charge >= 0.3 is 5.97 Å². The number of ketones is 1. The Kier molecular flexibility index (Phi) is 6.33. The van der Waals surface area contributed by atoms with Crippen LogP contribution in [0.25, 0.3) is 6.08 Å². The van der Waals surface area contributed by atoms with Crippen molar-refractivity contribution in [2.45, 2.75) is 6.61 Å². The number of ether oxygens (including phenoxy) is 2. The molecule has 0 bridgehead atoms. The van der Waals surface area contributed by atoms with Crippen molar-refractivity contribution >= 4 is 41.0 Å². The van der Waals surface area contributed by atoms with Gasteiger partial charge in [-0.1, -0.05) is 29.8 Å². The zero-order valence-electron chi connectivity index (χ0n) is 16.8. The van der Waals surface area contributed by atoms with E-state index in [1.54, 1.807) is 60.7 Å². The number of carbonyl (C=O) groups is 3. The average molecular weight is 448 g/mol. The van der Waals surface area contributed by atoms with Crippen LogP contribution in [0.1, 0.15) is 31.8 Å². The van der Waals surface area contributed by atoms with E-state index < -0.39 is 0 Å². The normalized spacial score (nSPS) is 12.3. The van der Waals surface area contributed by atoms with E-state index in [9.17, 15) is 14.4 Å². The molecule has 0 atom stereocenters. The molecule has 1 N–H and O–H groups in total. The Morgan fingerprint density at radius 1 is 1.03 bits per heavy atom. The fourth-order valence-corrected chi connectivity index (χ4v) is 3.24. The molecule has 0 aromatic heterocycles. The number of hydrogen-bond donors (Lipinski definition) is 1. The lowest BCUT2D eigenvalue weighted by molar-refractivity contribution is -0.118. The highest BCUT2D eigenvalue weighted by atomic mass is 35.5. The van der Waals surface area contributed by atoms with Crippen molar-refractivity contribution in [1.29, 1.82) is 0 Å². The first-order valence-electron chi connectivity index (χ1n) is 9.79. The number of cyclic esters (lactones) is 1. The molecule has 0 aliphatic carbocycles. The van der Waals surface area contributed by atoms with E-state index in [2.05, 4.69) is 5.32 Å². The van der Waals surface area contributed by atoms with Gasteiger partial charge in [-0.15, -0.1) is 0 Å². The van der Waals surface area contributed by atoms with E-state index in [-0.39, 0.29) is 30.9 Å². The minimum Gasteiger partial charge on any atom is -0.484 e. The van der Waals surface area contributed by atoms with Crippen molar-refractivity contribution in [1.82, 2.24) is 0 Å². The lowest BCUT2D eigenvalue weighted by Crippen LogP contribution is -2.20. The third-order valence-electron chi connectivity index (χ3n) is 4.77. The quantitative estimate of drug-likeness (QED) is 0.315. The van der Waals surface area contributed by atoms with Crippen LogP contribution in [0.4, 0.5) is 5.69 Å². The molecule has 0 radical (unpaired) electrons. The summed E-state index contributed by atoms with van der Waals surface area (Å²) >= 11 is 5.85. The Morgan fingerprint density at radius 3 is 2.53 bits per heavy atom. The highest BCUT2D eigenvalue weighted by molar-refractivity contribution is 6.30. The first-order chi connectivity index (χ1) is 15.5. The molecule has 32 heavy (non-hydrogen) atoms. The van der Waals surface area contributed by atoms with Gasteiger partial charge in [-0.05, 0) is 66.2 Å². The van der Waals surface area contributed by atoms with Crippen molar-refractivity contribution in [3.05, 3.63) is 100 Å². The number of nitrogens with one attached hydrogen (secondary N) is 1. The lowest BCUT2D eigenvalue weighted by atomic mass is 10.1. The first-order valence-corrected chi connectivity index (χ1v) is 10.2.